The molecule has 0 aliphatic carbocycles. The first-order valence-electron chi connectivity index (χ1n) is 5.26. The van der Waals surface area contributed by atoms with Crippen molar-refractivity contribution < 1.29 is 0 Å². The van der Waals surface area contributed by atoms with Gasteiger partial charge in [0.1, 0.15) is 5.82 Å². The fourth-order valence-corrected chi connectivity index (χ4v) is 1.94. The Balaban J connectivity index is 2.40. The van der Waals surface area contributed by atoms with Crippen molar-refractivity contribution in [3.8, 4) is 0 Å². The van der Waals surface area contributed by atoms with Crippen molar-refractivity contribution >= 4 is 5.82 Å². The van der Waals surface area contributed by atoms with E-state index in [2.05, 4.69) is 24.3 Å². The van der Waals surface area contributed by atoms with Gasteiger partial charge in [-0.3, -0.25) is 0 Å². The number of aromatic nitrogens is 2. The topological polar surface area (TPSA) is 55.9 Å². The van der Waals surface area contributed by atoms with Crippen LogP contribution in [-0.4, -0.2) is 22.9 Å². The molecule has 0 amide bonds. The molecule has 0 bridgehead atoms. The number of fused-ring (bicyclic) bond motifs is 1. The van der Waals surface area contributed by atoms with Gasteiger partial charge in [0.05, 0.1) is 5.69 Å². The Bertz CT molecular complexity index is 327. The molecule has 0 atom stereocenters. The Hall–Kier alpha value is -1.03. The molecule has 1 aliphatic heterocycles. The van der Waals surface area contributed by atoms with Crippen LogP contribution in [0.5, 0.6) is 0 Å². The van der Waals surface area contributed by atoms with Gasteiger partial charge in [-0.15, -0.1) is 0 Å². The molecule has 2 heterocycles. The molecule has 0 radical (unpaired) electrons. The van der Waals surface area contributed by atoms with Gasteiger partial charge < -0.3 is 11.1 Å². The molecule has 0 spiro atoms. The number of rotatable bonds is 1. The second-order valence-electron chi connectivity index (χ2n) is 4.10. The molecule has 1 aromatic rings. The molecule has 0 fully saturated rings. The van der Waals surface area contributed by atoms with Crippen LogP contribution in [-0.2, 0) is 12.8 Å². The molecule has 0 unspecified atom stereocenters. The number of nitrogens with one attached hydrogen (secondary N) is 1. The first kappa shape index (κ1) is 9.52. The lowest BCUT2D eigenvalue weighted by atomic mass is 10.1. The number of hydrogen-bond acceptors (Lipinski definition) is 3. The molecule has 2 rings (SSSR count). The molecule has 0 saturated heterocycles. The minimum atomic E-state index is 0.356. The largest absolute Gasteiger partial charge is 0.384 e. The maximum atomic E-state index is 6.07. The van der Waals surface area contributed by atoms with E-state index in [9.17, 15) is 0 Å². The minimum Gasteiger partial charge on any atom is -0.384 e. The van der Waals surface area contributed by atoms with Gasteiger partial charge >= 0.3 is 0 Å². The van der Waals surface area contributed by atoms with Gasteiger partial charge in [0, 0.05) is 24.6 Å². The SMILES string of the molecule is CC(C)n1nc2c(c1N)CCNCC2. The zero-order valence-electron chi connectivity index (χ0n) is 8.88. The average molecular weight is 194 g/mol. The summed E-state index contributed by atoms with van der Waals surface area (Å²) >= 11 is 0. The molecular formula is C10H18N4. The van der Waals surface area contributed by atoms with Crippen LogP contribution >= 0.6 is 0 Å². The van der Waals surface area contributed by atoms with E-state index in [0.29, 0.717) is 6.04 Å². The van der Waals surface area contributed by atoms with Gasteiger partial charge in [-0.2, -0.15) is 5.10 Å². The van der Waals surface area contributed by atoms with Crippen molar-refractivity contribution in [3.63, 3.8) is 0 Å². The van der Waals surface area contributed by atoms with Crippen molar-refractivity contribution in [1.82, 2.24) is 15.1 Å². The highest BCUT2D eigenvalue weighted by Gasteiger charge is 2.18. The van der Waals surface area contributed by atoms with Crippen molar-refractivity contribution in [3.05, 3.63) is 11.3 Å². The van der Waals surface area contributed by atoms with Gasteiger partial charge in [0.2, 0.25) is 0 Å². The molecule has 1 aliphatic rings. The summed E-state index contributed by atoms with van der Waals surface area (Å²) in [4.78, 5) is 0. The normalized spacial score (nSPS) is 16.8. The van der Waals surface area contributed by atoms with E-state index in [1.807, 2.05) is 4.68 Å². The number of hydrogen-bond donors (Lipinski definition) is 2. The summed E-state index contributed by atoms with van der Waals surface area (Å²) in [7, 11) is 0. The standard InChI is InChI=1S/C10H18N4/c1-7(2)14-10(11)8-3-5-12-6-4-9(8)13-14/h7,12H,3-6,11H2,1-2H3. The highest BCUT2D eigenvalue weighted by atomic mass is 15.3. The maximum absolute atomic E-state index is 6.07. The van der Waals surface area contributed by atoms with Gasteiger partial charge in [-0.05, 0) is 26.8 Å². The number of nitrogen functional groups attached to an aromatic ring is 1. The van der Waals surface area contributed by atoms with E-state index in [-0.39, 0.29) is 0 Å². The molecule has 1 aromatic heterocycles. The molecule has 4 heteroatoms. The number of nitrogens with two attached hydrogens (primary N) is 1. The fourth-order valence-electron chi connectivity index (χ4n) is 1.94. The van der Waals surface area contributed by atoms with Gasteiger partial charge in [-0.1, -0.05) is 0 Å². The summed E-state index contributed by atoms with van der Waals surface area (Å²) in [6.07, 6.45) is 2.01. The van der Waals surface area contributed by atoms with E-state index in [0.717, 1.165) is 31.7 Å². The summed E-state index contributed by atoms with van der Waals surface area (Å²) in [5, 5.41) is 7.91. The van der Waals surface area contributed by atoms with E-state index in [4.69, 9.17) is 5.73 Å². The molecule has 0 aromatic carbocycles. The van der Waals surface area contributed by atoms with Crippen LogP contribution in [0.3, 0.4) is 0 Å². The molecule has 0 saturated carbocycles. The zero-order valence-corrected chi connectivity index (χ0v) is 8.88. The predicted molar refractivity (Wildman–Crippen MR) is 57.3 cm³/mol. The Morgan fingerprint density at radius 1 is 1.36 bits per heavy atom. The molecular weight excluding hydrogens is 176 g/mol. The number of nitrogens with zero attached hydrogens (tertiary/aromatic N) is 2. The second kappa shape index (κ2) is 3.61. The van der Waals surface area contributed by atoms with E-state index >= 15 is 0 Å². The molecule has 3 N–H and O–H groups in total. The smallest absolute Gasteiger partial charge is 0.125 e. The predicted octanol–water partition coefficient (Wildman–Crippen LogP) is 0.734. The molecule has 78 valence electrons. The lowest BCUT2D eigenvalue weighted by Crippen LogP contribution is -2.17. The highest BCUT2D eigenvalue weighted by molar-refractivity contribution is 5.44. The lowest BCUT2D eigenvalue weighted by molar-refractivity contribution is 0.531. The van der Waals surface area contributed by atoms with Crippen LogP contribution in [0, 0.1) is 0 Å². The van der Waals surface area contributed by atoms with Crippen LogP contribution in [0.1, 0.15) is 31.1 Å². The summed E-state index contributed by atoms with van der Waals surface area (Å²) in [5.74, 6) is 0.860. The summed E-state index contributed by atoms with van der Waals surface area (Å²) < 4.78 is 1.94. The van der Waals surface area contributed by atoms with Crippen molar-refractivity contribution in [2.24, 2.45) is 0 Å². The van der Waals surface area contributed by atoms with E-state index < -0.39 is 0 Å². The van der Waals surface area contributed by atoms with Gasteiger partial charge in [0.15, 0.2) is 0 Å². The lowest BCUT2D eigenvalue weighted by Gasteiger charge is -2.08. The average Bonchev–Trinajstić information content (AvgIpc) is 2.37. The summed E-state index contributed by atoms with van der Waals surface area (Å²) in [6.45, 7) is 6.25. The monoisotopic (exact) mass is 194 g/mol. The van der Waals surface area contributed by atoms with Crippen LogP contribution in [0.2, 0.25) is 0 Å². The third-order valence-electron chi connectivity index (χ3n) is 2.71. The fraction of sp³-hybridized carbons (Fsp3) is 0.700. The van der Waals surface area contributed by atoms with Crippen molar-refractivity contribution in [2.45, 2.75) is 32.7 Å². The quantitative estimate of drug-likeness (QED) is 0.693. The second-order valence-corrected chi connectivity index (χ2v) is 4.10. The minimum absolute atomic E-state index is 0.356. The number of anilines is 1. The van der Waals surface area contributed by atoms with Crippen LogP contribution in [0.15, 0.2) is 0 Å². The van der Waals surface area contributed by atoms with Crippen molar-refractivity contribution in [1.29, 1.82) is 0 Å². The van der Waals surface area contributed by atoms with E-state index in [1.54, 1.807) is 0 Å². The maximum Gasteiger partial charge on any atom is 0.125 e. The third kappa shape index (κ3) is 1.50. The summed E-state index contributed by atoms with van der Waals surface area (Å²) in [5.41, 5.74) is 8.50. The molecule has 4 nitrogen and oxygen atoms in total. The van der Waals surface area contributed by atoms with Crippen molar-refractivity contribution in [2.75, 3.05) is 18.8 Å². The zero-order chi connectivity index (χ0) is 10.1. The van der Waals surface area contributed by atoms with E-state index in [1.165, 1.54) is 11.3 Å². The summed E-state index contributed by atoms with van der Waals surface area (Å²) in [6, 6.07) is 0.356. The Labute approximate surface area is 84.5 Å². The first-order chi connectivity index (χ1) is 6.70. The third-order valence-corrected chi connectivity index (χ3v) is 2.71. The van der Waals surface area contributed by atoms with Crippen LogP contribution in [0.25, 0.3) is 0 Å². The van der Waals surface area contributed by atoms with Crippen LogP contribution in [0.4, 0.5) is 5.82 Å². The Morgan fingerprint density at radius 3 is 2.79 bits per heavy atom. The first-order valence-corrected chi connectivity index (χ1v) is 5.26. The molecule has 14 heavy (non-hydrogen) atoms. The highest BCUT2D eigenvalue weighted by Crippen LogP contribution is 2.22. The Morgan fingerprint density at radius 2 is 2.07 bits per heavy atom. The van der Waals surface area contributed by atoms with Crippen LogP contribution < -0.4 is 11.1 Å². The van der Waals surface area contributed by atoms with Gasteiger partial charge in [-0.25, -0.2) is 4.68 Å². The Kier molecular flexibility index (Phi) is 2.46. The van der Waals surface area contributed by atoms with Gasteiger partial charge in [0.25, 0.3) is 0 Å².